The highest BCUT2D eigenvalue weighted by molar-refractivity contribution is 7.89. The van der Waals surface area contributed by atoms with Gasteiger partial charge < -0.3 is 10.6 Å². The molecule has 2 rings (SSSR count). The van der Waals surface area contributed by atoms with E-state index in [1.807, 2.05) is 0 Å². The third-order valence-electron chi connectivity index (χ3n) is 3.11. The number of piperidine rings is 1. The minimum Gasteiger partial charge on any atom is -0.385 e. The standard InChI is InChI=1S/C8H14N4O7S2/c1-20(14,15)10-7(9)6-3-2-5-4-11(6)8(13)12(5)19-21(16,17)18/h5-6H,2-4H2,1H3,(H2,9,10)(H,16,17,18)/t5-,6+/m1/s1. The van der Waals surface area contributed by atoms with Crippen LogP contribution in [0.5, 0.6) is 0 Å². The number of amidine groups is 1. The number of urea groups is 1. The summed E-state index contributed by atoms with van der Waals surface area (Å²) in [7, 11) is -8.53. The molecule has 3 N–H and O–H groups in total. The summed E-state index contributed by atoms with van der Waals surface area (Å²) in [6, 6.07) is -2.16. The van der Waals surface area contributed by atoms with E-state index in [2.05, 4.69) is 8.68 Å². The maximum Gasteiger partial charge on any atom is 0.418 e. The summed E-state index contributed by atoms with van der Waals surface area (Å²) in [5.41, 5.74) is 5.60. The van der Waals surface area contributed by atoms with Crippen LogP contribution in [0.1, 0.15) is 12.8 Å². The molecule has 0 aromatic rings. The highest BCUT2D eigenvalue weighted by Crippen LogP contribution is 2.30. The summed E-state index contributed by atoms with van der Waals surface area (Å²) in [6.07, 6.45) is 1.49. The summed E-state index contributed by atoms with van der Waals surface area (Å²) in [5, 5.41) is 0.545. The van der Waals surface area contributed by atoms with Crippen molar-refractivity contribution >= 4 is 32.3 Å². The van der Waals surface area contributed by atoms with Crippen molar-refractivity contribution in [2.45, 2.75) is 24.9 Å². The van der Waals surface area contributed by atoms with E-state index < -0.39 is 38.5 Å². The zero-order chi connectivity index (χ0) is 16.0. The molecule has 13 heteroatoms. The fourth-order valence-electron chi connectivity index (χ4n) is 2.39. The Kier molecular flexibility index (Phi) is 3.86. The smallest absolute Gasteiger partial charge is 0.385 e. The van der Waals surface area contributed by atoms with E-state index in [0.29, 0.717) is 17.9 Å². The van der Waals surface area contributed by atoms with Crippen molar-refractivity contribution in [3.63, 3.8) is 0 Å². The largest absolute Gasteiger partial charge is 0.418 e. The first-order valence-electron chi connectivity index (χ1n) is 5.80. The van der Waals surface area contributed by atoms with Crippen molar-refractivity contribution in [3.8, 4) is 0 Å². The average Bonchev–Trinajstić information content (AvgIpc) is 2.51. The number of rotatable bonds is 4. The van der Waals surface area contributed by atoms with Crippen LogP contribution in [0.4, 0.5) is 4.79 Å². The Hall–Kier alpha value is -1.44. The normalized spacial score (nSPS) is 27.3. The molecule has 0 aromatic carbocycles. The van der Waals surface area contributed by atoms with E-state index in [1.165, 1.54) is 0 Å². The van der Waals surface area contributed by atoms with Gasteiger partial charge in [-0.1, -0.05) is 0 Å². The maximum atomic E-state index is 12.0. The molecule has 2 aliphatic rings. The van der Waals surface area contributed by atoms with E-state index in [0.717, 1.165) is 11.2 Å². The number of hydrogen-bond donors (Lipinski definition) is 2. The van der Waals surface area contributed by atoms with Crippen LogP contribution >= 0.6 is 0 Å². The predicted octanol–water partition coefficient (Wildman–Crippen LogP) is -1.69. The second-order valence-corrected chi connectivity index (χ2v) is 7.41. The van der Waals surface area contributed by atoms with Crippen molar-refractivity contribution in [2.75, 3.05) is 12.8 Å². The van der Waals surface area contributed by atoms with Gasteiger partial charge in [0.05, 0.1) is 18.3 Å². The number of carbonyl (C=O) groups excluding carboxylic acids is 1. The average molecular weight is 342 g/mol. The summed E-state index contributed by atoms with van der Waals surface area (Å²) >= 11 is 0. The minimum atomic E-state index is -4.82. The van der Waals surface area contributed by atoms with Gasteiger partial charge in [0.15, 0.2) is 0 Å². The quantitative estimate of drug-likeness (QED) is 0.347. The lowest BCUT2D eigenvalue weighted by molar-refractivity contribution is -0.0316. The van der Waals surface area contributed by atoms with Gasteiger partial charge in [-0.05, 0) is 12.8 Å². The van der Waals surface area contributed by atoms with Gasteiger partial charge in [-0.2, -0.15) is 13.5 Å². The van der Waals surface area contributed by atoms with Crippen LogP contribution in [-0.4, -0.2) is 68.1 Å². The van der Waals surface area contributed by atoms with E-state index in [9.17, 15) is 21.6 Å². The van der Waals surface area contributed by atoms with E-state index in [-0.39, 0.29) is 12.4 Å². The molecule has 0 radical (unpaired) electrons. The zero-order valence-electron chi connectivity index (χ0n) is 10.9. The van der Waals surface area contributed by atoms with Gasteiger partial charge in [0.2, 0.25) is 0 Å². The van der Waals surface area contributed by atoms with Crippen molar-refractivity contribution in [1.82, 2.24) is 9.96 Å². The Morgan fingerprint density at radius 3 is 2.52 bits per heavy atom. The lowest BCUT2D eigenvalue weighted by Crippen LogP contribution is -2.48. The van der Waals surface area contributed by atoms with Crippen molar-refractivity contribution in [3.05, 3.63) is 0 Å². The number of carbonyl (C=O) groups is 1. The van der Waals surface area contributed by atoms with Crippen LogP contribution in [-0.2, 0) is 24.7 Å². The first kappa shape index (κ1) is 15.9. The van der Waals surface area contributed by atoms with Crippen LogP contribution in [0.25, 0.3) is 0 Å². The van der Waals surface area contributed by atoms with Crippen LogP contribution in [0, 0.1) is 0 Å². The Labute approximate surface area is 121 Å². The number of hydrogen-bond acceptors (Lipinski definition) is 6. The molecular weight excluding hydrogens is 328 g/mol. The van der Waals surface area contributed by atoms with Crippen molar-refractivity contribution in [1.29, 1.82) is 0 Å². The Bertz CT molecular complexity index is 685. The molecule has 2 atom stereocenters. The minimum absolute atomic E-state index is 0.0962. The molecule has 0 unspecified atom stereocenters. The Morgan fingerprint density at radius 2 is 2.00 bits per heavy atom. The van der Waals surface area contributed by atoms with E-state index >= 15 is 0 Å². The maximum absolute atomic E-state index is 12.0. The van der Waals surface area contributed by atoms with Gasteiger partial charge in [-0.15, -0.1) is 8.68 Å². The SMILES string of the molecule is CS(=O)(=O)/N=C(\N)[C@@H]1CC[C@@H]2CN1C(=O)N2OS(=O)(=O)O. The van der Waals surface area contributed by atoms with Crippen LogP contribution in [0.3, 0.4) is 0 Å². The van der Waals surface area contributed by atoms with Gasteiger partial charge in [0.1, 0.15) is 5.84 Å². The molecule has 21 heavy (non-hydrogen) atoms. The molecule has 2 saturated heterocycles. The summed E-state index contributed by atoms with van der Waals surface area (Å²) in [6.45, 7) is 0.0962. The number of hydroxylamine groups is 2. The monoisotopic (exact) mass is 342 g/mol. The topological polar surface area (TPSA) is 160 Å². The number of nitrogens with zero attached hydrogens (tertiary/aromatic N) is 3. The second kappa shape index (κ2) is 5.08. The highest BCUT2D eigenvalue weighted by Gasteiger charge is 2.48. The zero-order valence-corrected chi connectivity index (χ0v) is 12.5. The fourth-order valence-corrected chi connectivity index (χ4v) is 3.28. The molecular formula is C8H14N4O7S2. The lowest BCUT2D eigenvalue weighted by Gasteiger charge is -2.29. The number of nitrogens with two attached hydrogens (primary N) is 1. The molecule has 2 fully saturated rings. The second-order valence-electron chi connectivity index (χ2n) is 4.76. The van der Waals surface area contributed by atoms with Gasteiger partial charge in [0.25, 0.3) is 10.0 Å². The highest BCUT2D eigenvalue weighted by atomic mass is 32.3. The number of fused-ring (bicyclic) bond motifs is 2. The van der Waals surface area contributed by atoms with Crippen LogP contribution in [0.15, 0.2) is 4.40 Å². The predicted molar refractivity (Wildman–Crippen MR) is 69.9 cm³/mol. The first-order chi connectivity index (χ1) is 9.48. The molecule has 0 spiro atoms. The third kappa shape index (κ3) is 3.61. The molecule has 0 saturated carbocycles. The van der Waals surface area contributed by atoms with E-state index in [1.54, 1.807) is 0 Å². The van der Waals surface area contributed by atoms with Gasteiger partial charge in [0, 0.05) is 6.54 Å². The summed E-state index contributed by atoms with van der Waals surface area (Å²) in [4.78, 5) is 13.2. The molecule has 2 heterocycles. The molecule has 2 aliphatic heterocycles. The molecule has 2 bridgehead atoms. The van der Waals surface area contributed by atoms with Crippen LogP contribution in [0.2, 0.25) is 0 Å². The number of sulfonamides is 1. The van der Waals surface area contributed by atoms with Gasteiger partial charge >= 0.3 is 16.4 Å². The van der Waals surface area contributed by atoms with E-state index in [4.69, 9.17) is 10.3 Å². The first-order valence-corrected chi connectivity index (χ1v) is 9.01. The molecule has 120 valence electrons. The van der Waals surface area contributed by atoms with Gasteiger partial charge in [-0.25, -0.2) is 13.2 Å². The van der Waals surface area contributed by atoms with Crippen LogP contribution < -0.4 is 5.73 Å². The Morgan fingerprint density at radius 1 is 1.38 bits per heavy atom. The Balaban J connectivity index is 2.23. The van der Waals surface area contributed by atoms with Gasteiger partial charge in [-0.3, -0.25) is 4.55 Å². The summed E-state index contributed by atoms with van der Waals surface area (Å²) < 4.78 is 59.9. The molecule has 0 aliphatic carbocycles. The lowest BCUT2D eigenvalue weighted by atomic mass is 10.0. The third-order valence-corrected chi connectivity index (χ3v) is 4.00. The number of amides is 2. The molecule has 11 nitrogen and oxygen atoms in total. The fraction of sp³-hybridized carbons (Fsp3) is 0.750. The van der Waals surface area contributed by atoms with Crippen molar-refractivity contribution in [2.24, 2.45) is 10.1 Å². The molecule has 2 amide bonds. The molecule has 0 aromatic heterocycles. The summed E-state index contributed by atoms with van der Waals surface area (Å²) in [5.74, 6) is -0.252. The van der Waals surface area contributed by atoms with Crippen molar-refractivity contribution < 1.29 is 30.5 Å².